The fourth-order valence-electron chi connectivity index (χ4n) is 6.67. The quantitative estimate of drug-likeness (QED) is 0.112. The molecule has 0 saturated carbocycles. The highest BCUT2D eigenvalue weighted by molar-refractivity contribution is 6.02. The zero-order chi connectivity index (χ0) is 39.2. The molecule has 0 aromatic heterocycles. The smallest absolute Gasteiger partial charge is 0.229 e. The number of benzene rings is 2. The molecular formula is C34H44O20. The molecule has 0 unspecified atom stereocenters. The van der Waals surface area contributed by atoms with E-state index in [9.17, 15) is 61.0 Å². The summed E-state index contributed by atoms with van der Waals surface area (Å²) in [5.74, 6) is -1.46. The molecule has 20 nitrogen and oxygen atoms in total. The van der Waals surface area contributed by atoms with E-state index in [2.05, 4.69) is 0 Å². The summed E-state index contributed by atoms with van der Waals surface area (Å²) in [6, 6.07) is 6.67. The van der Waals surface area contributed by atoms with E-state index in [0.717, 1.165) is 6.07 Å². The van der Waals surface area contributed by atoms with Crippen molar-refractivity contribution < 1.29 is 98.9 Å². The monoisotopic (exact) mass is 772 g/mol. The maximum Gasteiger partial charge on any atom is 0.229 e. The van der Waals surface area contributed by atoms with Crippen LogP contribution < -0.4 is 14.2 Å². The van der Waals surface area contributed by atoms with Crippen molar-refractivity contribution in [3.63, 3.8) is 0 Å². The van der Waals surface area contributed by atoms with E-state index in [1.807, 2.05) is 0 Å². The van der Waals surface area contributed by atoms with Gasteiger partial charge >= 0.3 is 0 Å². The Morgan fingerprint density at radius 3 is 2.09 bits per heavy atom. The highest BCUT2D eigenvalue weighted by Gasteiger charge is 2.52. The van der Waals surface area contributed by atoms with Gasteiger partial charge in [-0.1, -0.05) is 6.07 Å². The molecule has 6 rings (SSSR count). The number of phenolic OH excluding ortho intramolecular Hbond substituents is 2. The minimum atomic E-state index is -1.95. The molecule has 2 aromatic rings. The van der Waals surface area contributed by atoms with Gasteiger partial charge in [-0.3, -0.25) is 4.79 Å². The van der Waals surface area contributed by atoms with Gasteiger partial charge < -0.3 is 94.1 Å². The van der Waals surface area contributed by atoms with Crippen molar-refractivity contribution in [2.45, 2.75) is 112 Å². The molecular weight excluding hydrogens is 728 g/mol. The number of fused-ring (bicyclic) bond motifs is 1. The maximum atomic E-state index is 13.2. The number of aromatic hydroxyl groups is 2. The van der Waals surface area contributed by atoms with Crippen molar-refractivity contribution in [3.8, 4) is 28.7 Å². The number of ketones is 1. The summed E-state index contributed by atoms with van der Waals surface area (Å²) < 4.78 is 45.2. The lowest BCUT2D eigenvalue weighted by Crippen LogP contribution is -2.65. The summed E-state index contributed by atoms with van der Waals surface area (Å²) >= 11 is 0. The van der Waals surface area contributed by atoms with Crippen LogP contribution in [0.3, 0.4) is 0 Å². The lowest BCUT2D eigenvalue weighted by Gasteiger charge is -2.46. The summed E-state index contributed by atoms with van der Waals surface area (Å²) in [4.78, 5) is 13.2. The molecule has 0 radical (unpaired) electrons. The molecule has 0 amide bonds. The topological polar surface area (TPSA) is 313 Å². The second kappa shape index (κ2) is 16.3. The first-order valence-corrected chi connectivity index (χ1v) is 17.0. The number of phenols is 2. The SMILES string of the molecule is COc1ccc([C@@H]2CC(=O)c3c(O)cc(O[C@@H]4O[C@H](CO[C@@H]5O[C@H](C)[C@@H](O)[C@H](O)[C@H]5O)[C@@H](O)[C@H](O)[C@H]4O[C@@H]4O[C@H](CO)[C@H](O)[C@H](O)[C@H]4O)cc3O2)cc1O. The third kappa shape index (κ3) is 7.81. The predicted octanol–water partition coefficient (Wildman–Crippen LogP) is -3.33. The Morgan fingerprint density at radius 1 is 0.741 bits per heavy atom. The summed E-state index contributed by atoms with van der Waals surface area (Å²) in [5, 5.41) is 115. The Balaban J connectivity index is 1.27. The van der Waals surface area contributed by atoms with Crippen molar-refractivity contribution >= 4 is 5.78 Å². The van der Waals surface area contributed by atoms with Crippen LogP contribution in [-0.2, 0) is 23.7 Å². The van der Waals surface area contributed by atoms with Crippen LogP contribution in [0.1, 0.15) is 35.4 Å². The first kappa shape index (κ1) is 40.2. The van der Waals surface area contributed by atoms with E-state index in [-0.39, 0.29) is 35.0 Å². The standard InChI is InChI=1S/C34H44O20/c1-11-23(39)26(42)29(45)32(49-11)48-10-21-25(41)28(44)31(54-33-30(46)27(43)24(40)20(9-35)52-33)34(53-21)50-13-6-15(37)22-16(38)8-18(51-19(22)7-13)12-3-4-17(47-2)14(36)5-12/h3-7,11,18,20-21,23-37,39-46H,8-10H2,1-2H3/t11-,18+,20-,21-,23-,24+,25-,26+,27+,28+,29-,30-,31-,32-,33+,34-/m1/s1. The van der Waals surface area contributed by atoms with Crippen LogP contribution in [-0.4, -0.2) is 174 Å². The normalized spacial score (nSPS) is 39.7. The third-order valence-corrected chi connectivity index (χ3v) is 9.82. The molecule has 54 heavy (non-hydrogen) atoms. The zero-order valence-electron chi connectivity index (χ0n) is 28.8. The highest BCUT2D eigenvalue weighted by Crippen LogP contribution is 2.44. The minimum Gasteiger partial charge on any atom is -0.507 e. The second-order valence-electron chi connectivity index (χ2n) is 13.4. The van der Waals surface area contributed by atoms with Crippen molar-refractivity contribution in [3.05, 3.63) is 41.5 Å². The summed E-state index contributed by atoms with van der Waals surface area (Å²) in [5.41, 5.74) is 0.231. The van der Waals surface area contributed by atoms with E-state index in [4.69, 9.17) is 37.9 Å². The largest absolute Gasteiger partial charge is 0.507 e. The lowest BCUT2D eigenvalue weighted by molar-refractivity contribution is -0.362. The Morgan fingerprint density at radius 2 is 1.41 bits per heavy atom. The maximum absolute atomic E-state index is 13.2. The van der Waals surface area contributed by atoms with Gasteiger partial charge in [-0.25, -0.2) is 0 Å². The number of ether oxygens (including phenoxy) is 8. The second-order valence-corrected chi connectivity index (χ2v) is 13.4. The van der Waals surface area contributed by atoms with Crippen LogP contribution in [0.5, 0.6) is 28.7 Å². The molecule has 4 aliphatic rings. The summed E-state index contributed by atoms with van der Waals surface area (Å²) in [6.45, 7) is -0.00320. The van der Waals surface area contributed by atoms with Crippen LogP contribution in [0.2, 0.25) is 0 Å². The summed E-state index contributed by atoms with van der Waals surface area (Å²) in [6.07, 6.45) is -26.1. The number of methoxy groups -OCH3 is 1. The van der Waals surface area contributed by atoms with Gasteiger partial charge in [0.1, 0.15) is 90.0 Å². The van der Waals surface area contributed by atoms with Gasteiger partial charge in [-0.05, 0) is 24.6 Å². The van der Waals surface area contributed by atoms with E-state index < -0.39 is 123 Å². The average Bonchev–Trinajstić information content (AvgIpc) is 3.14. The number of hydrogen-bond donors (Lipinski definition) is 11. The third-order valence-electron chi connectivity index (χ3n) is 9.82. The Kier molecular flexibility index (Phi) is 12.2. The van der Waals surface area contributed by atoms with Gasteiger partial charge in [-0.15, -0.1) is 0 Å². The van der Waals surface area contributed by atoms with Gasteiger partial charge in [0.05, 0.1) is 32.8 Å². The van der Waals surface area contributed by atoms with E-state index in [0.29, 0.717) is 5.56 Å². The average molecular weight is 773 g/mol. The highest BCUT2D eigenvalue weighted by atomic mass is 16.8. The predicted molar refractivity (Wildman–Crippen MR) is 173 cm³/mol. The molecule has 20 heteroatoms. The van der Waals surface area contributed by atoms with Crippen molar-refractivity contribution in [2.75, 3.05) is 20.3 Å². The van der Waals surface area contributed by atoms with Crippen molar-refractivity contribution in [1.82, 2.24) is 0 Å². The Hall–Kier alpha value is -3.45. The number of hydrogen-bond acceptors (Lipinski definition) is 20. The first-order chi connectivity index (χ1) is 25.6. The number of aliphatic hydroxyl groups is 9. The molecule has 4 aliphatic heterocycles. The van der Waals surface area contributed by atoms with Gasteiger partial charge in [-0.2, -0.15) is 0 Å². The van der Waals surface area contributed by atoms with Crippen LogP contribution in [0, 0.1) is 0 Å². The van der Waals surface area contributed by atoms with Crippen LogP contribution in [0.4, 0.5) is 0 Å². The molecule has 4 heterocycles. The Labute approximate surface area is 306 Å². The van der Waals surface area contributed by atoms with Gasteiger partial charge in [0, 0.05) is 12.1 Å². The van der Waals surface area contributed by atoms with Crippen molar-refractivity contribution in [2.24, 2.45) is 0 Å². The van der Waals surface area contributed by atoms with Gasteiger partial charge in [0.2, 0.25) is 6.29 Å². The molecule has 300 valence electrons. The number of rotatable bonds is 10. The van der Waals surface area contributed by atoms with E-state index in [1.165, 1.54) is 32.2 Å². The fraction of sp³-hybridized carbons (Fsp3) is 0.618. The molecule has 3 saturated heterocycles. The number of aliphatic hydroxyl groups excluding tert-OH is 9. The number of carbonyl (C=O) groups is 1. The number of carbonyl (C=O) groups excluding carboxylic acids is 1. The zero-order valence-corrected chi connectivity index (χ0v) is 28.8. The molecule has 0 aliphatic carbocycles. The molecule has 11 N–H and O–H groups in total. The Bertz CT molecular complexity index is 1620. The molecule has 2 aromatic carbocycles. The fourth-order valence-corrected chi connectivity index (χ4v) is 6.67. The van der Waals surface area contributed by atoms with E-state index in [1.54, 1.807) is 6.07 Å². The lowest BCUT2D eigenvalue weighted by atomic mass is 9.95. The molecule has 0 spiro atoms. The van der Waals surface area contributed by atoms with Gasteiger partial charge in [0.15, 0.2) is 36.0 Å². The number of Topliss-reactive ketones (excluding diaryl/α,β-unsaturated/α-hetero) is 1. The van der Waals surface area contributed by atoms with Crippen molar-refractivity contribution in [1.29, 1.82) is 0 Å². The summed E-state index contributed by atoms with van der Waals surface area (Å²) in [7, 11) is 1.37. The van der Waals surface area contributed by atoms with Crippen LogP contribution >= 0.6 is 0 Å². The van der Waals surface area contributed by atoms with Crippen LogP contribution in [0.25, 0.3) is 0 Å². The van der Waals surface area contributed by atoms with E-state index >= 15 is 0 Å². The first-order valence-electron chi connectivity index (χ1n) is 17.0. The molecule has 16 atom stereocenters. The molecule has 3 fully saturated rings. The minimum absolute atomic E-state index is 0.137. The van der Waals surface area contributed by atoms with Gasteiger partial charge in [0.25, 0.3) is 0 Å². The van der Waals surface area contributed by atoms with Crippen LogP contribution in [0.15, 0.2) is 30.3 Å². The molecule has 0 bridgehead atoms.